The third kappa shape index (κ3) is 2.98. The molecular formula is C13H19BrN2S. The summed E-state index contributed by atoms with van der Waals surface area (Å²) in [6.45, 7) is 2.04. The van der Waals surface area contributed by atoms with Crippen molar-refractivity contribution >= 4 is 33.4 Å². The first-order chi connectivity index (χ1) is 8.09. The smallest absolute Gasteiger partial charge is 0.0415 e. The van der Waals surface area contributed by atoms with Gasteiger partial charge in [0, 0.05) is 35.0 Å². The van der Waals surface area contributed by atoms with Crippen LogP contribution in [0.1, 0.15) is 24.9 Å². The second-order valence-electron chi connectivity index (χ2n) is 4.62. The lowest BCUT2D eigenvalue weighted by molar-refractivity contribution is 0.690. The highest BCUT2D eigenvalue weighted by atomic mass is 79.9. The fourth-order valence-electron chi connectivity index (χ4n) is 2.24. The van der Waals surface area contributed by atoms with Crippen molar-refractivity contribution in [2.45, 2.75) is 25.4 Å². The number of hydrogen-bond acceptors (Lipinski definition) is 3. The van der Waals surface area contributed by atoms with Gasteiger partial charge in [0.05, 0.1) is 0 Å². The molecule has 2 N–H and O–H groups in total. The van der Waals surface area contributed by atoms with Crippen LogP contribution in [-0.2, 0) is 0 Å². The van der Waals surface area contributed by atoms with Gasteiger partial charge in [-0.2, -0.15) is 11.8 Å². The van der Waals surface area contributed by atoms with Crippen LogP contribution in [0.3, 0.4) is 0 Å². The molecule has 0 aromatic heterocycles. The van der Waals surface area contributed by atoms with Gasteiger partial charge in [-0.05, 0) is 42.9 Å². The van der Waals surface area contributed by atoms with Gasteiger partial charge in [-0.1, -0.05) is 15.9 Å². The number of nitrogens with zero attached hydrogens (tertiary/aromatic N) is 1. The minimum atomic E-state index is 0.0685. The van der Waals surface area contributed by atoms with Crippen molar-refractivity contribution in [1.82, 2.24) is 0 Å². The highest BCUT2D eigenvalue weighted by Crippen LogP contribution is 2.32. The molecule has 1 aromatic carbocycles. The van der Waals surface area contributed by atoms with E-state index in [0.29, 0.717) is 6.04 Å². The van der Waals surface area contributed by atoms with Crippen molar-refractivity contribution in [3.63, 3.8) is 0 Å². The number of halogens is 1. The molecular weight excluding hydrogens is 296 g/mol. The summed E-state index contributed by atoms with van der Waals surface area (Å²) in [5.74, 6) is 2.50. The molecule has 2 unspecified atom stereocenters. The topological polar surface area (TPSA) is 29.3 Å². The molecule has 0 saturated carbocycles. The molecule has 0 bridgehead atoms. The van der Waals surface area contributed by atoms with Crippen molar-refractivity contribution < 1.29 is 0 Å². The SMILES string of the molecule is CC(N)c1cc(Br)ccc1N(C)C1CCSC1. The summed E-state index contributed by atoms with van der Waals surface area (Å²) in [6.07, 6.45) is 1.27. The molecule has 94 valence electrons. The minimum absolute atomic E-state index is 0.0685. The predicted octanol–water partition coefficient (Wildman–Crippen LogP) is 3.41. The monoisotopic (exact) mass is 314 g/mol. The lowest BCUT2D eigenvalue weighted by Crippen LogP contribution is -2.32. The van der Waals surface area contributed by atoms with E-state index in [9.17, 15) is 0 Å². The van der Waals surface area contributed by atoms with Crippen molar-refractivity contribution in [3.8, 4) is 0 Å². The molecule has 0 aliphatic carbocycles. The van der Waals surface area contributed by atoms with Gasteiger partial charge in [0.15, 0.2) is 0 Å². The Hall–Kier alpha value is -0.190. The van der Waals surface area contributed by atoms with Crippen molar-refractivity contribution in [1.29, 1.82) is 0 Å². The van der Waals surface area contributed by atoms with E-state index in [1.54, 1.807) is 0 Å². The van der Waals surface area contributed by atoms with Gasteiger partial charge in [0.1, 0.15) is 0 Å². The van der Waals surface area contributed by atoms with Gasteiger partial charge in [-0.15, -0.1) is 0 Å². The van der Waals surface area contributed by atoms with Crippen LogP contribution in [0.2, 0.25) is 0 Å². The summed E-state index contributed by atoms with van der Waals surface area (Å²) in [5, 5.41) is 0. The maximum Gasteiger partial charge on any atom is 0.0415 e. The average molecular weight is 315 g/mol. The summed E-state index contributed by atoms with van der Waals surface area (Å²) in [5.41, 5.74) is 8.56. The van der Waals surface area contributed by atoms with Gasteiger partial charge in [0.2, 0.25) is 0 Å². The molecule has 1 heterocycles. The molecule has 1 fully saturated rings. The van der Waals surface area contributed by atoms with Crippen LogP contribution in [-0.4, -0.2) is 24.6 Å². The first-order valence-corrected chi connectivity index (χ1v) is 7.90. The van der Waals surface area contributed by atoms with Crippen molar-refractivity contribution in [2.75, 3.05) is 23.5 Å². The summed E-state index contributed by atoms with van der Waals surface area (Å²) < 4.78 is 1.10. The molecule has 4 heteroatoms. The van der Waals surface area contributed by atoms with Gasteiger partial charge in [-0.25, -0.2) is 0 Å². The largest absolute Gasteiger partial charge is 0.370 e. The number of rotatable bonds is 3. The second-order valence-corrected chi connectivity index (χ2v) is 6.69. The number of thioether (sulfide) groups is 1. The molecule has 1 aliphatic heterocycles. The van der Waals surface area contributed by atoms with Gasteiger partial charge < -0.3 is 10.6 Å². The number of hydrogen-bond donors (Lipinski definition) is 1. The molecule has 17 heavy (non-hydrogen) atoms. The van der Waals surface area contributed by atoms with E-state index in [2.05, 4.69) is 46.1 Å². The van der Waals surface area contributed by atoms with Gasteiger partial charge >= 0.3 is 0 Å². The molecule has 2 nitrogen and oxygen atoms in total. The lowest BCUT2D eigenvalue weighted by atomic mass is 10.0. The minimum Gasteiger partial charge on any atom is -0.370 e. The maximum absolute atomic E-state index is 6.07. The molecule has 1 aliphatic rings. The van der Waals surface area contributed by atoms with Crippen LogP contribution in [0.4, 0.5) is 5.69 Å². The highest BCUT2D eigenvalue weighted by Gasteiger charge is 2.22. The molecule has 1 saturated heterocycles. The summed E-state index contributed by atoms with van der Waals surface area (Å²) in [4.78, 5) is 2.39. The van der Waals surface area contributed by atoms with E-state index in [-0.39, 0.29) is 6.04 Å². The zero-order chi connectivity index (χ0) is 12.4. The fourth-order valence-corrected chi connectivity index (χ4v) is 3.88. The fraction of sp³-hybridized carbons (Fsp3) is 0.538. The lowest BCUT2D eigenvalue weighted by Gasteiger charge is -2.29. The van der Waals surface area contributed by atoms with Crippen LogP contribution >= 0.6 is 27.7 Å². The summed E-state index contributed by atoms with van der Waals surface area (Å²) in [6, 6.07) is 7.13. The van der Waals surface area contributed by atoms with Gasteiger partial charge in [0.25, 0.3) is 0 Å². The first-order valence-electron chi connectivity index (χ1n) is 5.95. The molecule has 0 radical (unpaired) electrons. The number of benzene rings is 1. The first kappa shape index (κ1) is 13.2. The molecule has 0 amide bonds. The molecule has 0 spiro atoms. The highest BCUT2D eigenvalue weighted by molar-refractivity contribution is 9.10. The number of nitrogens with two attached hydrogens (primary N) is 1. The Morgan fingerprint density at radius 2 is 2.29 bits per heavy atom. The summed E-state index contributed by atoms with van der Waals surface area (Å²) >= 11 is 5.56. The Kier molecular flexibility index (Phi) is 4.39. The molecule has 2 atom stereocenters. The Labute approximate surface area is 116 Å². The zero-order valence-electron chi connectivity index (χ0n) is 10.3. The normalized spacial score (nSPS) is 21.5. The summed E-state index contributed by atoms with van der Waals surface area (Å²) in [7, 11) is 2.19. The third-order valence-corrected chi connectivity index (χ3v) is 4.95. The van der Waals surface area contributed by atoms with Crippen molar-refractivity contribution in [3.05, 3.63) is 28.2 Å². The van der Waals surface area contributed by atoms with Crippen LogP contribution in [0, 0.1) is 0 Å². The Bertz CT molecular complexity index is 389. The van der Waals surface area contributed by atoms with E-state index in [1.165, 1.54) is 29.2 Å². The van der Waals surface area contributed by atoms with E-state index < -0.39 is 0 Å². The maximum atomic E-state index is 6.07. The van der Waals surface area contributed by atoms with E-state index >= 15 is 0 Å². The van der Waals surface area contributed by atoms with Gasteiger partial charge in [-0.3, -0.25) is 0 Å². The van der Waals surface area contributed by atoms with Crippen LogP contribution in [0.25, 0.3) is 0 Å². The zero-order valence-corrected chi connectivity index (χ0v) is 12.7. The van der Waals surface area contributed by atoms with Crippen molar-refractivity contribution in [2.24, 2.45) is 5.73 Å². The third-order valence-electron chi connectivity index (χ3n) is 3.31. The quantitative estimate of drug-likeness (QED) is 0.927. The van der Waals surface area contributed by atoms with Crippen LogP contribution in [0.15, 0.2) is 22.7 Å². The Morgan fingerprint density at radius 1 is 1.53 bits per heavy atom. The Morgan fingerprint density at radius 3 is 2.88 bits per heavy atom. The van der Waals surface area contributed by atoms with Crippen LogP contribution in [0.5, 0.6) is 0 Å². The Balaban J connectivity index is 2.29. The number of anilines is 1. The standard InChI is InChI=1S/C13H19BrN2S/c1-9(15)12-7-10(14)3-4-13(12)16(2)11-5-6-17-8-11/h3-4,7,9,11H,5-6,8,15H2,1-2H3. The van der Waals surface area contributed by atoms with E-state index in [4.69, 9.17) is 5.73 Å². The molecule has 2 rings (SSSR count). The van der Waals surface area contributed by atoms with E-state index in [0.717, 1.165) is 4.47 Å². The predicted molar refractivity (Wildman–Crippen MR) is 80.9 cm³/mol. The van der Waals surface area contributed by atoms with E-state index in [1.807, 2.05) is 18.7 Å². The average Bonchev–Trinajstić information content (AvgIpc) is 2.81. The van der Waals surface area contributed by atoms with Crippen LogP contribution < -0.4 is 10.6 Å². The second kappa shape index (κ2) is 5.63. The molecule has 1 aromatic rings.